The van der Waals surface area contributed by atoms with Gasteiger partial charge < -0.3 is 4.90 Å². The van der Waals surface area contributed by atoms with Gasteiger partial charge in [0.15, 0.2) is 0 Å². The van der Waals surface area contributed by atoms with Crippen LogP contribution in [0.5, 0.6) is 0 Å². The summed E-state index contributed by atoms with van der Waals surface area (Å²) in [6.45, 7) is 4.32. The second-order valence-corrected chi connectivity index (χ2v) is 3.00. The lowest BCUT2D eigenvalue weighted by Gasteiger charge is -2.26. The topological polar surface area (TPSA) is 3.24 Å². The third-order valence-corrected chi connectivity index (χ3v) is 2.28. The van der Waals surface area contributed by atoms with E-state index in [1.165, 1.54) is 11.3 Å². The standard InChI is InChI=1S/C11H13N.HI/c1-2-12-9-5-7-10-6-3-4-8-11(10)12;/h3-8H,2,9H2,1H3;1H. The summed E-state index contributed by atoms with van der Waals surface area (Å²) in [4.78, 5) is 2.37. The Morgan fingerprint density at radius 2 is 2.08 bits per heavy atom. The molecule has 1 nitrogen and oxygen atoms in total. The number of hydrogen-bond acceptors (Lipinski definition) is 1. The predicted octanol–water partition coefficient (Wildman–Crippen LogP) is 3.16. The number of nitrogens with zero attached hydrogens (tertiary/aromatic N) is 1. The van der Waals surface area contributed by atoms with Crippen LogP contribution in [0.2, 0.25) is 0 Å². The van der Waals surface area contributed by atoms with Gasteiger partial charge in [-0.1, -0.05) is 30.4 Å². The Balaban J connectivity index is 0.000000845. The van der Waals surface area contributed by atoms with Crippen LogP contribution in [0.25, 0.3) is 6.08 Å². The smallest absolute Gasteiger partial charge is 0.0442 e. The fourth-order valence-electron chi connectivity index (χ4n) is 1.62. The molecule has 0 aromatic heterocycles. The molecule has 0 saturated heterocycles. The highest BCUT2D eigenvalue weighted by atomic mass is 127. The molecule has 2 heteroatoms. The molecule has 0 unspecified atom stereocenters. The molecule has 1 aromatic carbocycles. The molecular weight excluding hydrogens is 273 g/mol. The first kappa shape index (κ1) is 10.6. The largest absolute Gasteiger partial charge is 0.368 e. The molecule has 2 rings (SSSR count). The van der Waals surface area contributed by atoms with Crippen molar-refractivity contribution in [3.63, 3.8) is 0 Å². The van der Waals surface area contributed by atoms with E-state index in [1.54, 1.807) is 0 Å². The fourth-order valence-corrected chi connectivity index (χ4v) is 1.62. The summed E-state index contributed by atoms with van der Waals surface area (Å²) >= 11 is 0. The molecule has 0 saturated carbocycles. The number of hydrogen-bond donors (Lipinski definition) is 0. The number of rotatable bonds is 1. The Hall–Kier alpha value is -0.510. The van der Waals surface area contributed by atoms with Crippen LogP contribution in [0, 0.1) is 0 Å². The summed E-state index contributed by atoms with van der Waals surface area (Å²) in [6.07, 6.45) is 4.41. The molecule has 0 radical (unpaired) electrons. The maximum Gasteiger partial charge on any atom is 0.0442 e. The van der Waals surface area contributed by atoms with Gasteiger partial charge in [0, 0.05) is 18.8 Å². The Labute approximate surface area is 96.5 Å². The summed E-state index contributed by atoms with van der Waals surface area (Å²) in [6, 6.07) is 8.53. The van der Waals surface area contributed by atoms with Crippen LogP contribution in [-0.4, -0.2) is 13.1 Å². The number of anilines is 1. The summed E-state index contributed by atoms with van der Waals surface area (Å²) in [5.74, 6) is 0. The molecule has 1 heterocycles. The highest BCUT2D eigenvalue weighted by molar-refractivity contribution is 14.0. The van der Waals surface area contributed by atoms with Crippen molar-refractivity contribution >= 4 is 35.7 Å². The van der Waals surface area contributed by atoms with Gasteiger partial charge in [0.1, 0.15) is 0 Å². The normalized spacial score (nSPS) is 13.5. The quantitative estimate of drug-likeness (QED) is 0.717. The van der Waals surface area contributed by atoms with Crippen LogP contribution < -0.4 is 4.90 Å². The predicted molar refractivity (Wildman–Crippen MR) is 68.8 cm³/mol. The van der Waals surface area contributed by atoms with Crippen molar-refractivity contribution in [3.05, 3.63) is 35.9 Å². The molecule has 0 N–H and O–H groups in total. The van der Waals surface area contributed by atoms with E-state index in [0.29, 0.717) is 0 Å². The monoisotopic (exact) mass is 287 g/mol. The molecule has 13 heavy (non-hydrogen) atoms. The molecule has 0 aliphatic carbocycles. The molecule has 70 valence electrons. The second-order valence-electron chi connectivity index (χ2n) is 3.00. The molecule has 1 aromatic rings. The minimum atomic E-state index is 0. The summed E-state index contributed by atoms with van der Waals surface area (Å²) < 4.78 is 0. The third kappa shape index (κ3) is 2.05. The Bertz CT molecular complexity index is 307. The van der Waals surface area contributed by atoms with Crippen molar-refractivity contribution < 1.29 is 0 Å². The first-order valence-electron chi connectivity index (χ1n) is 4.42. The van der Waals surface area contributed by atoms with Gasteiger partial charge in [0.05, 0.1) is 0 Å². The summed E-state index contributed by atoms with van der Waals surface area (Å²) in [5, 5.41) is 0. The van der Waals surface area contributed by atoms with E-state index < -0.39 is 0 Å². The minimum absolute atomic E-state index is 0. The number of fused-ring (bicyclic) bond motifs is 1. The van der Waals surface area contributed by atoms with Crippen LogP contribution in [0.1, 0.15) is 12.5 Å². The zero-order valence-electron chi connectivity index (χ0n) is 7.73. The van der Waals surface area contributed by atoms with E-state index >= 15 is 0 Å². The SMILES string of the molecule is CCN1CC=Cc2ccccc21.I. The van der Waals surface area contributed by atoms with Gasteiger partial charge >= 0.3 is 0 Å². The van der Waals surface area contributed by atoms with E-state index in [9.17, 15) is 0 Å². The fraction of sp³-hybridized carbons (Fsp3) is 0.273. The average molecular weight is 287 g/mol. The average Bonchev–Trinajstić information content (AvgIpc) is 2.17. The molecule has 1 aliphatic rings. The number of halogens is 1. The Morgan fingerprint density at radius 3 is 2.85 bits per heavy atom. The summed E-state index contributed by atoms with van der Waals surface area (Å²) in [7, 11) is 0. The van der Waals surface area contributed by atoms with Crippen LogP contribution in [0.15, 0.2) is 30.3 Å². The van der Waals surface area contributed by atoms with Crippen molar-refractivity contribution in [2.45, 2.75) is 6.92 Å². The maximum atomic E-state index is 2.37. The molecule has 0 atom stereocenters. The zero-order chi connectivity index (χ0) is 8.39. The molecule has 0 spiro atoms. The van der Waals surface area contributed by atoms with Crippen LogP contribution in [-0.2, 0) is 0 Å². The van der Waals surface area contributed by atoms with E-state index in [4.69, 9.17) is 0 Å². The third-order valence-electron chi connectivity index (χ3n) is 2.28. The first-order valence-corrected chi connectivity index (χ1v) is 4.42. The number of benzene rings is 1. The Kier molecular flexibility index (Phi) is 3.78. The van der Waals surface area contributed by atoms with Crippen LogP contribution in [0.4, 0.5) is 5.69 Å². The number of para-hydroxylation sites is 1. The van der Waals surface area contributed by atoms with Gasteiger partial charge in [0.2, 0.25) is 0 Å². The first-order chi connectivity index (χ1) is 5.92. The van der Waals surface area contributed by atoms with Gasteiger partial charge in [-0.3, -0.25) is 0 Å². The van der Waals surface area contributed by atoms with Gasteiger partial charge in [-0.05, 0) is 18.6 Å². The lowest BCUT2D eigenvalue weighted by molar-refractivity contribution is 0.899. The molecular formula is C11H14IN. The molecule has 1 aliphatic heterocycles. The van der Waals surface area contributed by atoms with Gasteiger partial charge in [-0.15, -0.1) is 24.0 Å². The molecule has 0 bridgehead atoms. The van der Waals surface area contributed by atoms with Crippen molar-refractivity contribution in [2.75, 3.05) is 18.0 Å². The highest BCUT2D eigenvalue weighted by Gasteiger charge is 2.08. The molecule has 0 amide bonds. The van der Waals surface area contributed by atoms with Gasteiger partial charge in [-0.25, -0.2) is 0 Å². The van der Waals surface area contributed by atoms with E-state index in [1.807, 2.05) is 0 Å². The van der Waals surface area contributed by atoms with Crippen molar-refractivity contribution in [3.8, 4) is 0 Å². The maximum absolute atomic E-state index is 2.37. The summed E-state index contributed by atoms with van der Waals surface area (Å²) in [5.41, 5.74) is 2.70. The van der Waals surface area contributed by atoms with Crippen molar-refractivity contribution in [1.82, 2.24) is 0 Å². The van der Waals surface area contributed by atoms with Crippen LogP contribution in [0.3, 0.4) is 0 Å². The minimum Gasteiger partial charge on any atom is -0.368 e. The van der Waals surface area contributed by atoms with Gasteiger partial charge in [-0.2, -0.15) is 0 Å². The second kappa shape index (κ2) is 4.65. The van der Waals surface area contributed by atoms with E-state index in [2.05, 4.69) is 48.2 Å². The van der Waals surface area contributed by atoms with E-state index in [0.717, 1.165) is 13.1 Å². The lowest BCUT2D eigenvalue weighted by Crippen LogP contribution is -2.25. The van der Waals surface area contributed by atoms with Crippen LogP contribution >= 0.6 is 24.0 Å². The van der Waals surface area contributed by atoms with Crippen molar-refractivity contribution in [2.24, 2.45) is 0 Å². The van der Waals surface area contributed by atoms with Gasteiger partial charge in [0.25, 0.3) is 0 Å². The lowest BCUT2D eigenvalue weighted by atomic mass is 10.1. The Morgan fingerprint density at radius 1 is 1.31 bits per heavy atom. The van der Waals surface area contributed by atoms with Crippen molar-refractivity contribution in [1.29, 1.82) is 0 Å². The molecule has 0 fully saturated rings. The highest BCUT2D eigenvalue weighted by Crippen LogP contribution is 2.24. The van der Waals surface area contributed by atoms with E-state index in [-0.39, 0.29) is 24.0 Å². The zero-order valence-corrected chi connectivity index (χ0v) is 10.1. The number of likely N-dealkylation sites (N-methyl/N-ethyl adjacent to an activating group) is 1.